The van der Waals surface area contributed by atoms with Gasteiger partial charge in [0.25, 0.3) is 0 Å². The van der Waals surface area contributed by atoms with Crippen LogP contribution < -0.4 is 0 Å². The van der Waals surface area contributed by atoms with Crippen LogP contribution in [0.15, 0.2) is 24.4 Å². The molecule has 0 aliphatic carbocycles. The molecule has 2 aromatic rings. The van der Waals surface area contributed by atoms with E-state index in [4.69, 9.17) is 0 Å². The zero-order valence-corrected chi connectivity index (χ0v) is 12.0. The zero-order chi connectivity index (χ0) is 14.0. The van der Waals surface area contributed by atoms with Crippen molar-refractivity contribution in [1.29, 1.82) is 0 Å². The Labute approximate surface area is 114 Å². The lowest BCUT2D eigenvalue weighted by Gasteiger charge is -2.08. The van der Waals surface area contributed by atoms with Crippen molar-refractivity contribution < 1.29 is 4.79 Å². The van der Waals surface area contributed by atoms with Crippen molar-refractivity contribution in [3.8, 4) is 11.3 Å². The van der Waals surface area contributed by atoms with Crippen LogP contribution in [0.5, 0.6) is 0 Å². The molecule has 100 valence electrons. The molecule has 2 rings (SSSR count). The van der Waals surface area contributed by atoms with Crippen LogP contribution >= 0.6 is 0 Å². The fourth-order valence-electron chi connectivity index (χ4n) is 2.02. The van der Waals surface area contributed by atoms with Gasteiger partial charge in [0.1, 0.15) is 5.69 Å². The number of carbonyl (C=O) groups excluding carboxylic acids is 1. The largest absolute Gasteiger partial charge is 0.298 e. The summed E-state index contributed by atoms with van der Waals surface area (Å²) in [5, 5.41) is 4.58. The lowest BCUT2D eigenvalue weighted by molar-refractivity contribution is 0.112. The maximum absolute atomic E-state index is 11.2. The first kappa shape index (κ1) is 13.5. The van der Waals surface area contributed by atoms with Crippen LogP contribution in [0.3, 0.4) is 0 Å². The molecule has 3 heteroatoms. The summed E-state index contributed by atoms with van der Waals surface area (Å²) in [4.78, 5) is 11.2. The highest BCUT2D eigenvalue weighted by Gasteiger charge is 2.13. The van der Waals surface area contributed by atoms with Crippen molar-refractivity contribution in [2.75, 3.05) is 0 Å². The third-order valence-corrected chi connectivity index (χ3v) is 3.71. The minimum Gasteiger partial charge on any atom is -0.298 e. The van der Waals surface area contributed by atoms with Gasteiger partial charge < -0.3 is 0 Å². The van der Waals surface area contributed by atoms with E-state index in [0.29, 0.717) is 11.6 Å². The molecule has 1 aromatic heterocycles. The van der Waals surface area contributed by atoms with E-state index in [1.807, 2.05) is 16.9 Å². The number of carbonyl (C=O) groups is 1. The first-order chi connectivity index (χ1) is 9.06. The predicted molar refractivity (Wildman–Crippen MR) is 77.5 cm³/mol. The molecule has 0 spiro atoms. The molecular weight excluding hydrogens is 236 g/mol. The number of nitrogens with zero attached hydrogens (tertiary/aromatic N) is 2. The lowest BCUT2D eigenvalue weighted by Crippen LogP contribution is -2.04. The van der Waals surface area contributed by atoms with Gasteiger partial charge in [-0.1, -0.05) is 19.1 Å². The van der Waals surface area contributed by atoms with Gasteiger partial charge in [-0.25, -0.2) is 0 Å². The molecule has 1 aromatic carbocycles. The molecule has 0 bridgehead atoms. The van der Waals surface area contributed by atoms with Crippen LogP contribution in [0.4, 0.5) is 0 Å². The van der Waals surface area contributed by atoms with Gasteiger partial charge in [-0.3, -0.25) is 9.48 Å². The van der Waals surface area contributed by atoms with Gasteiger partial charge in [-0.15, -0.1) is 0 Å². The average molecular weight is 256 g/mol. The highest BCUT2D eigenvalue weighted by molar-refractivity contribution is 5.85. The second-order valence-corrected chi connectivity index (χ2v) is 5.09. The van der Waals surface area contributed by atoms with Gasteiger partial charge in [-0.2, -0.15) is 5.10 Å². The van der Waals surface area contributed by atoms with Crippen LogP contribution in [0.1, 0.15) is 47.8 Å². The SMILES string of the molecule is CCC(C)n1cc(C=O)c(-c2ccc(C)c(C)c2)n1. The van der Waals surface area contributed by atoms with E-state index in [0.717, 1.165) is 24.0 Å². The van der Waals surface area contributed by atoms with E-state index in [1.165, 1.54) is 11.1 Å². The molecule has 0 fully saturated rings. The van der Waals surface area contributed by atoms with Gasteiger partial charge >= 0.3 is 0 Å². The molecule has 0 aliphatic heterocycles. The van der Waals surface area contributed by atoms with Crippen LogP contribution in [0.25, 0.3) is 11.3 Å². The third kappa shape index (κ3) is 2.60. The van der Waals surface area contributed by atoms with Crippen LogP contribution in [0.2, 0.25) is 0 Å². The minimum atomic E-state index is 0.305. The molecule has 1 heterocycles. The summed E-state index contributed by atoms with van der Waals surface area (Å²) in [5.41, 5.74) is 4.90. The number of hydrogen-bond donors (Lipinski definition) is 0. The first-order valence-electron chi connectivity index (χ1n) is 6.68. The van der Waals surface area contributed by atoms with Gasteiger partial charge in [0.2, 0.25) is 0 Å². The quantitative estimate of drug-likeness (QED) is 0.776. The number of benzene rings is 1. The molecule has 0 aliphatic rings. The van der Waals surface area contributed by atoms with Crippen LogP contribution in [0, 0.1) is 13.8 Å². The number of aldehydes is 1. The van der Waals surface area contributed by atoms with Crippen molar-refractivity contribution in [2.24, 2.45) is 0 Å². The van der Waals surface area contributed by atoms with Gasteiger partial charge in [0, 0.05) is 17.8 Å². The molecule has 1 unspecified atom stereocenters. The van der Waals surface area contributed by atoms with Gasteiger partial charge in [0.15, 0.2) is 6.29 Å². The second-order valence-electron chi connectivity index (χ2n) is 5.09. The molecule has 1 atom stereocenters. The fraction of sp³-hybridized carbons (Fsp3) is 0.375. The van der Waals surface area contributed by atoms with E-state index >= 15 is 0 Å². The molecule has 0 amide bonds. The van der Waals surface area contributed by atoms with Crippen LogP contribution in [-0.2, 0) is 0 Å². The number of aromatic nitrogens is 2. The van der Waals surface area contributed by atoms with E-state index in [9.17, 15) is 4.79 Å². The summed E-state index contributed by atoms with van der Waals surface area (Å²) < 4.78 is 1.88. The highest BCUT2D eigenvalue weighted by atomic mass is 16.1. The second kappa shape index (κ2) is 5.39. The predicted octanol–water partition coefficient (Wildman–Crippen LogP) is 3.95. The Kier molecular flexibility index (Phi) is 3.84. The molecular formula is C16H20N2O. The summed E-state index contributed by atoms with van der Waals surface area (Å²) >= 11 is 0. The summed E-state index contributed by atoms with van der Waals surface area (Å²) in [7, 11) is 0. The van der Waals surface area contributed by atoms with Gasteiger partial charge in [0.05, 0.1) is 5.56 Å². The Morgan fingerprint density at radius 2 is 2.05 bits per heavy atom. The van der Waals surface area contributed by atoms with Crippen molar-refractivity contribution in [1.82, 2.24) is 9.78 Å². The molecule has 19 heavy (non-hydrogen) atoms. The maximum atomic E-state index is 11.2. The summed E-state index contributed by atoms with van der Waals surface area (Å²) in [6, 6.07) is 6.49. The average Bonchev–Trinajstić information content (AvgIpc) is 2.85. The first-order valence-corrected chi connectivity index (χ1v) is 6.68. The van der Waals surface area contributed by atoms with E-state index < -0.39 is 0 Å². The minimum absolute atomic E-state index is 0.305. The van der Waals surface area contributed by atoms with Crippen molar-refractivity contribution in [3.63, 3.8) is 0 Å². The third-order valence-electron chi connectivity index (χ3n) is 3.71. The van der Waals surface area contributed by atoms with Gasteiger partial charge in [-0.05, 0) is 44.4 Å². The maximum Gasteiger partial charge on any atom is 0.153 e. The van der Waals surface area contributed by atoms with Crippen molar-refractivity contribution >= 4 is 6.29 Å². The topological polar surface area (TPSA) is 34.9 Å². The zero-order valence-electron chi connectivity index (χ0n) is 12.0. The monoisotopic (exact) mass is 256 g/mol. The Hall–Kier alpha value is -1.90. The van der Waals surface area contributed by atoms with E-state index in [1.54, 1.807) is 0 Å². The molecule has 3 nitrogen and oxygen atoms in total. The highest BCUT2D eigenvalue weighted by Crippen LogP contribution is 2.25. The Morgan fingerprint density at radius 1 is 1.32 bits per heavy atom. The summed E-state index contributed by atoms with van der Waals surface area (Å²) in [6.45, 7) is 8.37. The lowest BCUT2D eigenvalue weighted by atomic mass is 10.0. The van der Waals surface area contributed by atoms with Crippen molar-refractivity contribution in [3.05, 3.63) is 41.1 Å². The molecule has 0 saturated heterocycles. The number of rotatable bonds is 4. The standard InChI is InChI=1S/C16H20N2O/c1-5-13(4)18-9-15(10-19)16(17-18)14-7-6-11(2)12(3)8-14/h6-10,13H,5H2,1-4H3. The fourth-order valence-corrected chi connectivity index (χ4v) is 2.02. The normalized spacial score (nSPS) is 12.4. The van der Waals surface area contributed by atoms with Crippen molar-refractivity contribution in [2.45, 2.75) is 40.2 Å². The molecule has 0 saturated carbocycles. The molecule has 0 radical (unpaired) electrons. The number of hydrogen-bond acceptors (Lipinski definition) is 2. The number of aryl methyl sites for hydroxylation is 2. The molecule has 0 N–H and O–H groups in total. The van der Waals surface area contributed by atoms with E-state index in [-0.39, 0.29) is 0 Å². The van der Waals surface area contributed by atoms with Crippen LogP contribution in [-0.4, -0.2) is 16.1 Å². The Bertz CT molecular complexity index is 599. The Balaban J connectivity index is 2.51. The Morgan fingerprint density at radius 3 is 2.63 bits per heavy atom. The summed E-state index contributed by atoms with van der Waals surface area (Å²) in [5.74, 6) is 0. The smallest absolute Gasteiger partial charge is 0.153 e. The summed E-state index contributed by atoms with van der Waals surface area (Å²) in [6.07, 6.45) is 3.72. The van der Waals surface area contributed by atoms with E-state index in [2.05, 4.69) is 44.9 Å².